The Labute approximate surface area is 125 Å². The molecule has 0 spiro atoms. The fourth-order valence-corrected chi connectivity index (χ4v) is 2.37. The Bertz CT molecular complexity index is 658. The molecule has 0 saturated carbocycles. The first kappa shape index (κ1) is 15.1. The Morgan fingerprint density at radius 1 is 1.33 bits per heavy atom. The van der Waals surface area contributed by atoms with E-state index in [4.69, 9.17) is 0 Å². The van der Waals surface area contributed by atoms with Crippen molar-refractivity contribution in [1.29, 1.82) is 0 Å². The van der Waals surface area contributed by atoms with E-state index in [2.05, 4.69) is 15.3 Å². The second kappa shape index (κ2) is 7.49. The Morgan fingerprint density at radius 3 is 2.81 bits per heavy atom. The molecule has 2 aromatic rings. The van der Waals surface area contributed by atoms with Gasteiger partial charge in [-0.05, 0) is 12.0 Å². The van der Waals surface area contributed by atoms with Crippen LogP contribution in [-0.2, 0) is 11.2 Å². The number of benzene rings is 1. The zero-order valence-electron chi connectivity index (χ0n) is 11.2. The van der Waals surface area contributed by atoms with Crippen molar-refractivity contribution in [1.82, 2.24) is 15.3 Å². The quantitative estimate of drug-likeness (QED) is 0.545. The van der Waals surface area contributed by atoms with E-state index in [1.807, 2.05) is 30.3 Å². The summed E-state index contributed by atoms with van der Waals surface area (Å²) < 4.78 is 0. The van der Waals surface area contributed by atoms with Gasteiger partial charge in [-0.1, -0.05) is 42.1 Å². The summed E-state index contributed by atoms with van der Waals surface area (Å²) in [5, 5.41) is 12.2. The van der Waals surface area contributed by atoms with Crippen LogP contribution < -0.4 is 10.9 Å². The number of aromatic nitrogens is 2. The van der Waals surface area contributed by atoms with Gasteiger partial charge in [-0.3, -0.25) is 9.59 Å². The fraction of sp³-hybridized carbons (Fsp3) is 0.214. The highest BCUT2D eigenvalue weighted by molar-refractivity contribution is 7.99. The fourth-order valence-electron chi connectivity index (χ4n) is 1.67. The Kier molecular flexibility index (Phi) is 5.39. The second-order valence-electron chi connectivity index (χ2n) is 4.28. The summed E-state index contributed by atoms with van der Waals surface area (Å²) in [5.41, 5.74) is 0.707. The molecule has 0 aliphatic carbocycles. The van der Waals surface area contributed by atoms with Crippen molar-refractivity contribution in [3.8, 4) is 5.88 Å². The van der Waals surface area contributed by atoms with Gasteiger partial charge < -0.3 is 15.4 Å². The molecule has 0 unspecified atom stereocenters. The molecule has 0 saturated heterocycles. The van der Waals surface area contributed by atoms with Gasteiger partial charge in [0.2, 0.25) is 11.8 Å². The summed E-state index contributed by atoms with van der Waals surface area (Å²) >= 11 is 1.06. The molecule has 110 valence electrons. The predicted molar refractivity (Wildman–Crippen MR) is 80.4 cm³/mol. The maximum absolute atomic E-state index is 11.7. The van der Waals surface area contributed by atoms with Crippen LogP contribution in [0.1, 0.15) is 5.56 Å². The van der Waals surface area contributed by atoms with Crippen molar-refractivity contribution in [3.63, 3.8) is 0 Å². The number of carbonyl (C=O) groups excluding carboxylic acids is 1. The Balaban J connectivity index is 1.73. The average molecular weight is 305 g/mol. The molecule has 3 N–H and O–H groups in total. The van der Waals surface area contributed by atoms with E-state index in [0.29, 0.717) is 6.54 Å². The summed E-state index contributed by atoms with van der Waals surface area (Å²) in [7, 11) is 0. The van der Waals surface area contributed by atoms with Gasteiger partial charge in [-0.15, -0.1) is 0 Å². The van der Waals surface area contributed by atoms with Crippen LogP contribution in [-0.4, -0.2) is 33.3 Å². The number of hydrogen-bond donors (Lipinski definition) is 3. The van der Waals surface area contributed by atoms with Crippen LogP contribution in [0.5, 0.6) is 5.88 Å². The van der Waals surface area contributed by atoms with E-state index < -0.39 is 5.56 Å². The Morgan fingerprint density at radius 2 is 2.10 bits per heavy atom. The highest BCUT2D eigenvalue weighted by Crippen LogP contribution is 2.12. The summed E-state index contributed by atoms with van der Waals surface area (Å²) in [6.45, 7) is 0.549. The van der Waals surface area contributed by atoms with Crippen molar-refractivity contribution in [2.75, 3.05) is 12.3 Å². The molecule has 0 aliphatic heterocycles. The number of aromatic amines is 1. The standard InChI is InChI=1S/C14H15N3O3S/c18-11-8-12(19)17-14(16-11)21-9-13(20)15-7-6-10-4-2-1-3-5-10/h1-5,8H,6-7,9H2,(H,15,20)(H2,16,17,18,19). The van der Waals surface area contributed by atoms with Crippen LogP contribution in [0.2, 0.25) is 0 Å². The summed E-state index contributed by atoms with van der Waals surface area (Å²) in [5.74, 6) is -0.381. The van der Waals surface area contributed by atoms with E-state index in [9.17, 15) is 14.7 Å². The molecule has 21 heavy (non-hydrogen) atoms. The van der Waals surface area contributed by atoms with Crippen molar-refractivity contribution >= 4 is 17.7 Å². The van der Waals surface area contributed by atoms with Crippen LogP contribution in [0.3, 0.4) is 0 Å². The third-order valence-electron chi connectivity index (χ3n) is 2.63. The van der Waals surface area contributed by atoms with E-state index in [-0.39, 0.29) is 22.7 Å². The average Bonchev–Trinajstić information content (AvgIpc) is 2.45. The maximum atomic E-state index is 11.7. The molecule has 1 heterocycles. The summed E-state index contributed by atoms with van der Waals surface area (Å²) in [6.07, 6.45) is 0.762. The zero-order chi connectivity index (χ0) is 15.1. The predicted octanol–water partition coefficient (Wildman–Crippen LogP) is 0.926. The maximum Gasteiger partial charge on any atom is 0.255 e. The molecule has 0 fully saturated rings. The molecule has 2 rings (SSSR count). The number of carbonyl (C=O) groups is 1. The lowest BCUT2D eigenvalue weighted by molar-refractivity contribution is -0.118. The minimum Gasteiger partial charge on any atom is -0.493 e. The molecule has 1 aromatic carbocycles. The molecule has 1 aromatic heterocycles. The molecule has 0 bridgehead atoms. The van der Waals surface area contributed by atoms with E-state index in [1.54, 1.807) is 0 Å². The molecule has 6 nitrogen and oxygen atoms in total. The number of thioether (sulfide) groups is 1. The van der Waals surface area contributed by atoms with Crippen molar-refractivity contribution < 1.29 is 9.90 Å². The van der Waals surface area contributed by atoms with Gasteiger partial charge in [0.05, 0.1) is 11.8 Å². The number of rotatable bonds is 6. The van der Waals surface area contributed by atoms with Crippen molar-refractivity contribution in [2.45, 2.75) is 11.6 Å². The zero-order valence-corrected chi connectivity index (χ0v) is 12.0. The normalized spacial score (nSPS) is 10.3. The van der Waals surface area contributed by atoms with Gasteiger partial charge in [0.15, 0.2) is 5.16 Å². The van der Waals surface area contributed by atoms with Gasteiger partial charge in [0.25, 0.3) is 5.56 Å². The van der Waals surface area contributed by atoms with E-state index in [0.717, 1.165) is 29.8 Å². The number of nitrogens with one attached hydrogen (secondary N) is 2. The third-order valence-corrected chi connectivity index (χ3v) is 3.50. The first-order chi connectivity index (χ1) is 10.1. The summed E-state index contributed by atoms with van der Waals surface area (Å²) in [4.78, 5) is 28.9. The Hall–Kier alpha value is -2.28. The van der Waals surface area contributed by atoms with Crippen LogP contribution in [0.4, 0.5) is 0 Å². The first-order valence-electron chi connectivity index (χ1n) is 6.37. The van der Waals surface area contributed by atoms with E-state index >= 15 is 0 Å². The number of nitrogens with zero attached hydrogens (tertiary/aromatic N) is 1. The van der Waals surface area contributed by atoms with Gasteiger partial charge in [-0.25, -0.2) is 0 Å². The minimum atomic E-state index is -0.450. The van der Waals surface area contributed by atoms with Crippen LogP contribution in [0.25, 0.3) is 0 Å². The van der Waals surface area contributed by atoms with E-state index in [1.165, 1.54) is 0 Å². The highest BCUT2D eigenvalue weighted by Gasteiger charge is 2.05. The minimum absolute atomic E-state index is 0.126. The van der Waals surface area contributed by atoms with Crippen LogP contribution >= 0.6 is 11.8 Å². The third kappa shape index (κ3) is 5.31. The van der Waals surface area contributed by atoms with Gasteiger partial charge in [-0.2, -0.15) is 4.98 Å². The van der Waals surface area contributed by atoms with Gasteiger partial charge >= 0.3 is 0 Å². The molecular formula is C14H15N3O3S. The molecule has 0 radical (unpaired) electrons. The highest BCUT2D eigenvalue weighted by atomic mass is 32.2. The number of amides is 1. The second-order valence-corrected chi connectivity index (χ2v) is 5.25. The lowest BCUT2D eigenvalue weighted by Gasteiger charge is -2.05. The topological polar surface area (TPSA) is 95.1 Å². The molecule has 7 heteroatoms. The smallest absolute Gasteiger partial charge is 0.255 e. The van der Waals surface area contributed by atoms with Crippen LogP contribution in [0, 0.1) is 0 Å². The van der Waals surface area contributed by atoms with Crippen molar-refractivity contribution in [3.05, 3.63) is 52.3 Å². The van der Waals surface area contributed by atoms with Crippen molar-refractivity contribution in [2.24, 2.45) is 0 Å². The monoisotopic (exact) mass is 305 g/mol. The number of H-pyrrole nitrogens is 1. The largest absolute Gasteiger partial charge is 0.493 e. The lowest BCUT2D eigenvalue weighted by atomic mass is 10.1. The molecule has 1 amide bonds. The van der Waals surface area contributed by atoms with Gasteiger partial charge in [0.1, 0.15) is 0 Å². The first-order valence-corrected chi connectivity index (χ1v) is 7.36. The lowest BCUT2D eigenvalue weighted by Crippen LogP contribution is -2.27. The van der Waals surface area contributed by atoms with Crippen LogP contribution in [0.15, 0.2) is 46.3 Å². The summed E-state index contributed by atoms with van der Waals surface area (Å²) in [6, 6.07) is 10.8. The number of aromatic hydroxyl groups is 1. The number of hydrogen-bond acceptors (Lipinski definition) is 5. The molecule has 0 atom stereocenters. The molecular weight excluding hydrogens is 290 g/mol. The SMILES string of the molecule is O=C(CSc1nc(O)cc(=O)[nH]1)NCCc1ccccc1. The van der Waals surface area contributed by atoms with Gasteiger partial charge in [0, 0.05) is 6.54 Å². The molecule has 0 aliphatic rings.